The molecule has 3 nitrogen and oxygen atoms in total. The van der Waals surface area contributed by atoms with Crippen LogP contribution in [0.2, 0.25) is 0 Å². The summed E-state index contributed by atoms with van der Waals surface area (Å²) in [4.78, 5) is 4.46. The van der Waals surface area contributed by atoms with E-state index in [0.717, 1.165) is 26.7 Å². The summed E-state index contributed by atoms with van der Waals surface area (Å²) in [5.41, 5.74) is 1.83. The van der Waals surface area contributed by atoms with Gasteiger partial charge in [-0.2, -0.15) is 0 Å². The van der Waals surface area contributed by atoms with Crippen LogP contribution in [0.25, 0.3) is 22.2 Å². The average molecular weight is 332 g/mol. The van der Waals surface area contributed by atoms with Crippen molar-refractivity contribution in [3.63, 3.8) is 0 Å². The van der Waals surface area contributed by atoms with Crippen LogP contribution < -0.4 is 0 Å². The Bertz CT molecular complexity index is 751. The Morgan fingerprint density at radius 1 is 1.30 bits per heavy atom. The Morgan fingerprint density at radius 2 is 2.15 bits per heavy atom. The van der Waals surface area contributed by atoms with Gasteiger partial charge in [0.2, 0.25) is 0 Å². The van der Waals surface area contributed by atoms with Crippen molar-refractivity contribution >= 4 is 26.8 Å². The second-order valence-corrected chi connectivity index (χ2v) is 5.57. The van der Waals surface area contributed by atoms with E-state index >= 15 is 0 Å². The smallest absolute Gasteiger partial charge is 0.136 e. The van der Waals surface area contributed by atoms with Crippen LogP contribution in [0.4, 0.5) is 0 Å². The number of halogens is 1. The zero-order valence-electron chi connectivity index (χ0n) is 11.0. The molecule has 3 aromatic rings. The molecular weight excluding hydrogens is 318 g/mol. The SMILES string of the molecule is CCC(O)c1ccc(-c2cccc3cc(Br)cnc23)o1. The maximum Gasteiger partial charge on any atom is 0.136 e. The van der Waals surface area contributed by atoms with Gasteiger partial charge in [-0.05, 0) is 46.6 Å². The largest absolute Gasteiger partial charge is 0.458 e. The van der Waals surface area contributed by atoms with Gasteiger partial charge in [0, 0.05) is 21.6 Å². The molecule has 4 heteroatoms. The summed E-state index contributed by atoms with van der Waals surface area (Å²) >= 11 is 3.43. The number of aliphatic hydroxyl groups excluding tert-OH is 1. The first kappa shape index (κ1) is 13.3. The predicted molar refractivity (Wildman–Crippen MR) is 82.4 cm³/mol. The van der Waals surface area contributed by atoms with Gasteiger partial charge < -0.3 is 9.52 Å². The Morgan fingerprint density at radius 3 is 2.95 bits per heavy atom. The van der Waals surface area contributed by atoms with Gasteiger partial charge in [0.05, 0.1) is 5.52 Å². The summed E-state index contributed by atoms with van der Waals surface area (Å²) < 4.78 is 6.71. The van der Waals surface area contributed by atoms with Crippen LogP contribution in [0.3, 0.4) is 0 Å². The van der Waals surface area contributed by atoms with Crippen molar-refractivity contribution in [3.05, 3.63) is 52.8 Å². The van der Waals surface area contributed by atoms with Crippen LogP contribution in [0.1, 0.15) is 25.2 Å². The number of benzene rings is 1. The van der Waals surface area contributed by atoms with Gasteiger partial charge in [-0.15, -0.1) is 0 Å². The molecule has 0 saturated carbocycles. The average Bonchev–Trinajstić information content (AvgIpc) is 2.95. The van der Waals surface area contributed by atoms with Crippen LogP contribution >= 0.6 is 15.9 Å². The topological polar surface area (TPSA) is 46.3 Å². The second kappa shape index (κ2) is 5.38. The minimum absolute atomic E-state index is 0.555. The highest BCUT2D eigenvalue weighted by Gasteiger charge is 2.13. The molecule has 0 spiro atoms. The van der Waals surface area contributed by atoms with Crippen molar-refractivity contribution < 1.29 is 9.52 Å². The molecule has 0 aliphatic carbocycles. The lowest BCUT2D eigenvalue weighted by atomic mass is 10.1. The molecule has 0 aliphatic heterocycles. The van der Waals surface area contributed by atoms with E-state index in [1.54, 1.807) is 6.20 Å². The van der Waals surface area contributed by atoms with Crippen molar-refractivity contribution in [2.24, 2.45) is 0 Å². The van der Waals surface area contributed by atoms with Crippen LogP contribution in [-0.2, 0) is 0 Å². The first-order valence-electron chi connectivity index (χ1n) is 6.51. The van der Waals surface area contributed by atoms with E-state index in [9.17, 15) is 5.11 Å². The number of aromatic nitrogens is 1. The van der Waals surface area contributed by atoms with E-state index in [0.29, 0.717) is 12.2 Å². The van der Waals surface area contributed by atoms with E-state index in [1.807, 2.05) is 43.3 Å². The second-order valence-electron chi connectivity index (χ2n) is 4.66. The minimum Gasteiger partial charge on any atom is -0.458 e. The fourth-order valence-corrected chi connectivity index (χ4v) is 2.56. The highest BCUT2D eigenvalue weighted by Crippen LogP contribution is 2.31. The molecule has 0 saturated heterocycles. The Hall–Kier alpha value is -1.65. The normalized spacial score (nSPS) is 12.8. The number of para-hydroxylation sites is 1. The quantitative estimate of drug-likeness (QED) is 0.756. The first-order chi connectivity index (χ1) is 9.69. The number of nitrogens with zero attached hydrogens (tertiary/aromatic N) is 1. The van der Waals surface area contributed by atoms with Gasteiger partial charge in [0.15, 0.2) is 0 Å². The molecule has 2 aromatic heterocycles. The van der Waals surface area contributed by atoms with Crippen LogP contribution in [0.5, 0.6) is 0 Å². The molecule has 3 rings (SSSR count). The summed E-state index contributed by atoms with van der Waals surface area (Å²) in [7, 11) is 0. The lowest BCUT2D eigenvalue weighted by Crippen LogP contribution is -1.91. The van der Waals surface area contributed by atoms with Crippen molar-refractivity contribution in [2.45, 2.75) is 19.4 Å². The molecule has 0 aliphatic rings. The number of aliphatic hydroxyl groups is 1. The zero-order valence-corrected chi connectivity index (χ0v) is 12.6. The third-order valence-corrected chi connectivity index (χ3v) is 3.72. The molecule has 1 N–H and O–H groups in total. The van der Waals surface area contributed by atoms with Gasteiger partial charge >= 0.3 is 0 Å². The van der Waals surface area contributed by atoms with Gasteiger partial charge in [0.25, 0.3) is 0 Å². The fraction of sp³-hybridized carbons (Fsp3) is 0.188. The van der Waals surface area contributed by atoms with Crippen molar-refractivity contribution in [1.29, 1.82) is 0 Å². The molecule has 0 radical (unpaired) electrons. The Labute approximate surface area is 125 Å². The summed E-state index contributed by atoms with van der Waals surface area (Å²) in [6.07, 6.45) is 1.85. The molecule has 1 atom stereocenters. The lowest BCUT2D eigenvalue weighted by Gasteiger charge is -2.05. The standard InChI is InChI=1S/C16H14BrNO2/c1-2-13(19)15-7-6-14(20-15)12-5-3-4-10-8-11(17)9-18-16(10)12/h3-9,13,19H,2H2,1H3. The number of rotatable bonds is 3. The summed E-state index contributed by atoms with van der Waals surface area (Å²) in [6.45, 7) is 1.92. The molecule has 20 heavy (non-hydrogen) atoms. The third kappa shape index (κ3) is 2.37. The summed E-state index contributed by atoms with van der Waals surface area (Å²) in [6, 6.07) is 11.7. The monoisotopic (exact) mass is 331 g/mol. The van der Waals surface area contributed by atoms with E-state index in [-0.39, 0.29) is 0 Å². The van der Waals surface area contributed by atoms with Gasteiger partial charge in [-0.1, -0.05) is 19.1 Å². The molecule has 0 bridgehead atoms. The van der Waals surface area contributed by atoms with Gasteiger partial charge in [0.1, 0.15) is 17.6 Å². The molecule has 102 valence electrons. The van der Waals surface area contributed by atoms with Crippen molar-refractivity contribution in [2.75, 3.05) is 0 Å². The molecule has 0 amide bonds. The van der Waals surface area contributed by atoms with E-state index in [2.05, 4.69) is 20.9 Å². The number of pyridine rings is 1. The van der Waals surface area contributed by atoms with Gasteiger partial charge in [-0.3, -0.25) is 4.98 Å². The zero-order chi connectivity index (χ0) is 14.1. The molecule has 1 aromatic carbocycles. The lowest BCUT2D eigenvalue weighted by molar-refractivity contribution is 0.147. The fourth-order valence-electron chi connectivity index (χ4n) is 2.21. The highest BCUT2D eigenvalue weighted by atomic mass is 79.9. The minimum atomic E-state index is -0.555. The molecule has 2 heterocycles. The van der Waals surface area contributed by atoms with E-state index < -0.39 is 6.10 Å². The number of hydrogen-bond donors (Lipinski definition) is 1. The third-order valence-electron chi connectivity index (χ3n) is 3.28. The Balaban J connectivity index is 2.12. The van der Waals surface area contributed by atoms with Crippen molar-refractivity contribution in [1.82, 2.24) is 4.98 Å². The van der Waals surface area contributed by atoms with E-state index in [4.69, 9.17) is 4.42 Å². The molecule has 0 fully saturated rings. The summed E-state index contributed by atoms with van der Waals surface area (Å²) in [5, 5.41) is 10.9. The number of hydrogen-bond acceptors (Lipinski definition) is 3. The van der Waals surface area contributed by atoms with Crippen LogP contribution in [-0.4, -0.2) is 10.1 Å². The maximum absolute atomic E-state index is 9.82. The van der Waals surface area contributed by atoms with Crippen LogP contribution in [0.15, 0.2) is 51.5 Å². The Kier molecular flexibility index (Phi) is 3.59. The maximum atomic E-state index is 9.82. The van der Waals surface area contributed by atoms with Crippen molar-refractivity contribution in [3.8, 4) is 11.3 Å². The van der Waals surface area contributed by atoms with E-state index in [1.165, 1.54) is 0 Å². The van der Waals surface area contributed by atoms with Crippen LogP contribution in [0, 0.1) is 0 Å². The highest BCUT2D eigenvalue weighted by molar-refractivity contribution is 9.10. The molecule has 1 unspecified atom stereocenters. The predicted octanol–water partition coefficient (Wildman–Crippen LogP) is 4.70. The number of fused-ring (bicyclic) bond motifs is 1. The number of furan rings is 1. The molecular formula is C16H14BrNO2. The summed E-state index contributed by atoms with van der Waals surface area (Å²) in [5.74, 6) is 1.32. The first-order valence-corrected chi connectivity index (χ1v) is 7.30. The van der Waals surface area contributed by atoms with Gasteiger partial charge in [-0.25, -0.2) is 0 Å².